The minimum atomic E-state index is -4.43. The Morgan fingerprint density at radius 1 is 1.11 bits per heavy atom. The quantitative estimate of drug-likeness (QED) is 0.581. The molecule has 0 aliphatic carbocycles. The van der Waals surface area contributed by atoms with Crippen molar-refractivity contribution in [2.45, 2.75) is 29.8 Å². The number of anilines is 3. The molecule has 27 heavy (non-hydrogen) atoms. The Kier molecular flexibility index (Phi) is 5.03. The molecule has 0 spiro atoms. The molecule has 0 amide bonds. The zero-order chi connectivity index (χ0) is 19.8. The smallest absolute Gasteiger partial charge is 0.416 e. The SMILES string of the molecule is Cc1cc(Nc2n[nH]c(N)n2)cc(C)c1[S+]([O-])c1ccc(C(F)(F)F)cc1. The maximum absolute atomic E-state index is 12.9. The number of hydrogen-bond donors (Lipinski definition) is 3. The number of nitrogens with one attached hydrogen (secondary N) is 2. The number of rotatable bonds is 4. The molecule has 1 atom stereocenters. The number of nitrogen functional groups attached to an aromatic ring is 1. The van der Waals surface area contributed by atoms with E-state index >= 15 is 0 Å². The molecule has 3 rings (SSSR count). The summed E-state index contributed by atoms with van der Waals surface area (Å²) in [5.41, 5.74) is 6.82. The number of H-pyrrole nitrogens is 1. The van der Waals surface area contributed by atoms with Gasteiger partial charge in [0.25, 0.3) is 0 Å². The first-order valence-electron chi connectivity index (χ1n) is 7.80. The standard InChI is InChI=1S/C17H16F3N5OS/c1-9-7-12(22-16-23-15(21)24-25-16)8-10(2)14(9)27(26)13-5-3-11(4-6-13)17(18,19)20/h3-8H,1-2H3,(H4,21,22,23,24,25). The Labute approximate surface area is 156 Å². The third-order valence-electron chi connectivity index (χ3n) is 3.80. The summed E-state index contributed by atoms with van der Waals surface area (Å²) in [5, 5.41) is 9.37. The van der Waals surface area contributed by atoms with Crippen molar-refractivity contribution in [2.75, 3.05) is 11.1 Å². The number of benzene rings is 2. The molecule has 6 nitrogen and oxygen atoms in total. The molecular formula is C17H16F3N5OS. The lowest BCUT2D eigenvalue weighted by molar-refractivity contribution is -0.137. The van der Waals surface area contributed by atoms with E-state index in [0.29, 0.717) is 21.4 Å². The summed E-state index contributed by atoms with van der Waals surface area (Å²) in [4.78, 5) is 4.80. The van der Waals surface area contributed by atoms with E-state index in [2.05, 4.69) is 20.5 Å². The van der Waals surface area contributed by atoms with Gasteiger partial charge in [0, 0.05) is 28.0 Å². The topological polar surface area (TPSA) is 103 Å². The van der Waals surface area contributed by atoms with Crippen molar-refractivity contribution in [1.82, 2.24) is 15.2 Å². The van der Waals surface area contributed by atoms with Gasteiger partial charge in [-0.25, -0.2) is 5.10 Å². The number of halogens is 3. The summed E-state index contributed by atoms with van der Waals surface area (Å²) in [5.74, 6) is 0.467. The third-order valence-corrected chi connectivity index (χ3v) is 5.52. The van der Waals surface area contributed by atoms with E-state index in [4.69, 9.17) is 5.73 Å². The number of hydrogen-bond acceptors (Lipinski definition) is 5. The van der Waals surface area contributed by atoms with E-state index in [1.165, 1.54) is 12.1 Å². The zero-order valence-electron chi connectivity index (χ0n) is 14.4. The Morgan fingerprint density at radius 3 is 2.19 bits per heavy atom. The first kappa shape index (κ1) is 19.1. The first-order valence-corrected chi connectivity index (χ1v) is 8.95. The van der Waals surface area contributed by atoms with Crippen molar-refractivity contribution >= 4 is 28.8 Å². The Hall–Kier alpha value is -2.72. The van der Waals surface area contributed by atoms with Crippen LogP contribution in [0.5, 0.6) is 0 Å². The number of nitrogens with two attached hydrogens (primary N) is 1. The molecule has 1 aromatic heterocycles. The first-order chi connectivity index (χ1) is 12.6. The van der Waals surface area contributed by atoms with Gasteiger partial charge in [0.2, 0.25) is 11.9 Å². The lowest BCUT2D eigenvalue weighted by atomic mass is 10.1. The van der Waals surface area contributed by atoms with Gasteiger partial charge in [0.15, 0.2) is 9.79 Å². The molecule has 0 aliphatic heterocycles. The lowest BCUT2D eigenvalue weighted by Crippen LogP contribution is -2.09. The molecule has 0 bridgehead atoms. The average Bonchev–Trinajstić information content (AvgIpc) is 2.98. The second-order valence-electron chi connectivity index (χ2n) is 5.90. The van der Waals surface area contributed by atoms with Crippen LogP contribution in [0.3, 0.4) is 0 Å². The summed E-state index contributed by atoms with van der Waals surface area (Å²) >= 11 is -1.61. The molecule has 0 saturated carbocycles. The number of aromatic nitrogens is 3. The van der Waals surface area contributed by atoms with Gasteiger partial charge in [-0.15, -0.1) is 5.10 Å². The lowest BCUT2D eigenvalue weighted by Gasteiger charge is -2.16. The maximum Gasteiger partial charge on any atom is 0.416 e. The number of nitrogens with zero attached hydrogens (tertiary/aromatic N) is 2. The monoisotopic (exact) mass is 395 g/mol. The predicted octanol–water partition coefficient (Wildman–Crippen LogP) is 3.93. The number of aryl methyl sites for hydroxylation is 2. The van der Waals surface area contributed by atoms with Crippen LogP contribution in [-0.2, 0) is 17.4 Å². The van der Waals surface area contributed by atoms with E-state index < -0.39 is 22.9 Å². The second-order valence-corrected chi connectivity index (χ2v) is 7.32. The second kappa shape index (κ2) is 7.12. The normalized spacial score (nSPS) is 12.8. The van der Waals surface area contributed by atoms with Crippen LogP contribution < -0.4 is 11.1 Å². The van der Waals surface area contributed by atoms with Gasteiger partial charge in [-0.1, -0.05) is 0 Å². The average molecular weight is 395 g/mol. The van der Waals surface area contributed by atoms with Gasteiger partial charge in [0.05, 0.1) is 5.56 Å². The molecule has 4 N–H and O–H groups in total. The van der Waals surface area contributed by atoms with Crippen LogP contribution in [0.15, 0.2) is 46.2 Å². The van der Waals surface area contributed by atoms with Gasteiger partial charge in [-0.2, -0.15) is 18.2 Å². The molecule has 3 aromatic rings. The van der Waals surface area contributed by atoms with Gasteiger partial charge < -0.3 is 15.6 Å². The highest BCUT2D eigenvalue weighted by atomic mass is 32.2. The van der Waals surface area contributed by atoms with Crippen molar-refractivity contribution < 1.29 is 17.7 Å². The maximum atomic E-state index is 12.9. The van der Waals surface area contributed by atoms with E-state index in [0.717, 1.165) is 23.3 Å². The molecule has 0 aliphatic rings. The van der Waals surface area contributed by atoms with E-state index in [-0.39, 0.29) is 5.95 Å². The molecule has 10 heteroatoms. The van der Waals surface area contributed by atoms with Crippen LogP contribution in [-0.4, -0.2) is 19.7 Å². The molecule has 2 aromatic carbocycles. The fourth-order valence-electron chi connectivity index (χ4n) is 2.66. The minimum absolute atomic E-state index is 0.172. The van der Waals surface area contributed by atoms with Gasteiger partial charge in [0.1, 0.15) is 0 Å². The largest absolute Gasteiger partial charge is 0.606 e. The van der Waals surface area contributed by atoms with E-state index in [1.807, 2.05) is 0 Å². The van der Waals surface area contributed by atoms with Crippen LogP contribution in [0.25, 0.3) is 0 Å². The minimum Gasteiger partial charge on any atom is -0.606 e. The van der Waals surface area contributed by atoms with Crippen molar-refractivity contribution in [3.8, 4) is 0 Å². The Bertz CT molecular complexity index is 933. The summed E-state index contributed by atoms with van der Waals surface area (Å²) < 4.78 is 51.0. The highest BCUT2D eigenvalue weighted by Crippen LogP contribution is 2.33. The van der Waals surface area contributed by atoms with Crippen LogP contribution in [0.2, 0.25) is 0 Å². The molecule has 0 fully saturated rings. The van der Waals surface area contributed by atoms with Gasteiger partial charge in [-0.3, -0.25) is 0 Å². The molecule has 0 radical (unpaired) electrons. The highest BCUT2D eigenvalue weighted by molar-refractivity contribution is 7.91. The molecular weight excluding hydrogens is 379 g/mol. The summed E-state index contributed by atoms with van der Waals surface area (Å²) in [7, 11) is 0. The Morgan fingerprint density at radius 2 is 1.70 bits per heavy atom. The summed E-state index contributed by atoms with van der Waals surface area (Å²) in [6, 6.07) is 7.86. The molecule has 142 valence electrons. The van der Waals surface area contributed by atoms with E-state index in [9.17, 15) is 17.7 Å². The predicted molar refractivity (Wildman–Crippen MR) is 96.1 cm³/mol. The highest BCUT2D eigenvalue weighted by Gasteiger charge is 2.31. The molecule has 1 unspecified atom stereocenters. The summed E-state index contributed by atoms with van der Waals surface area (Å²) in [6.07, 6.45) is -4.43. The van der Waals surface area contributed by atoms with E-state index in [1.54, 1.807) is 26.0 Å². The number of alkyl halides is 3. The van der Waals surface area contributed by atoms with Crippen molar-refractivity contribution in [1.29, 1.82) is 0 Å². The van der Waals surface area contributed by atoms with Crippen LogP contribution in [0.4, 0.5) is 30.8 Å². The van der Waals surface area contributed by atoms with Crippen LogP contribution in [0.1, 0.15) is 16.7 Å². The number of aromatic amines is 1. The van der Waals surface area contributed by atoms with Crippen molar-refractivity contribution in [2.24, 2.45) is 0 Å². The van der Waals surface area contributed by atoms with Crippen LogP contribution >= 0.6 is 0 Å². The Balaban J connectivity index is 1.87. The summed E-state index contributed by atoms with van der Waals surface area (Å²) in [6.45, 7) is 3.56. The van der Waals surface area contributed by atoms with Gasteiger partial charge in [-0.05, 0) is 50.2 Å². The van der Waals surface area contributed by atoms with Crippen LogP contribution in [0, 0.1) is 13.8 Å². The molecule has 0 saturated heterocycles. The van der Waals surface area contributed by atoms with Crippen molar-refractivity contribution in [3.63, 3.8) is 0 Å². The van der Waals surface area contributed by atoms with Gasteiger partial charge >= 0.3 is 6.18 Å². The molecule has 1 heterocycles. The van der Waals surface area contributed by atoms with Crippen molar-refractivity contribution in [3.05, 3.63) is 53.1 Å². The fourth-order valence-corrected chi connectivity index (χ4v) is 3.98. The zero-order valence-corrected chi connectivity index (χ0v) is 15.2. The fraction of sp³-hybridized carbons (Fsp3) is 0.176. The third kappa shape index (κ3) is 4.17.